The van der Waals surface area contributed by atoms with E-state index >= 15 is 0 Å². The monoisotopic (exact) mass is 273 g/mol. The Labute approximate surface area is 97.0 Å². The molecular formula is C11H13BrFNO. The predicted molar refractivity (Wildman–Crippen MR) is 61.7 cm³/mol. The standard InChI is InChI=1S/C11H13BrFNO/c1-8(6-12)7-14-11(15)9-3-2-4-10(13)5-9/h2-5,8H,6-7H2,1H3,(H,14,15). The van der Waals surface area contributed by atoms with E-state index in [1.807, 2.05) is 6.92 Å². The Balaban J connectivity index is 2.54. The summed E-state index contributed by atoms with van der Waals surface area (Å²) in [5.41, 5.74) is 0.358. The molecule has 0 bridgehead atoms. The second kappa shape index (κ2) is 5.85. The van der Waals surface area contributed by atoms with Crippen molar-refractivity contribution < 1.29 is 9.18 Å². The van der Waals surface area contributed by atoms with E-state index < -0.39 is 5.82 Å². The van der Waals surface area contributed by atoms with Crippen LogP contribution in [0.3, 0.4) is 0 Å². The molecule has 0 radical (unpaired) electrons. The van der Waals surface area contributed by atoms with E-state index in [4.69, 9.17) is 0 Å². The van der Waals surface area contributed by atoms with Gasteiger partial charge in [0.2, 0.25) is 0 Å². The molecule has 1 atom stereocenters. The SMILES string of the molecule is CC(CBr)CNC(=O)c1cccc(F)c1. The van der Waals surface area contributed by atoms with Crippen molar-refractivity contribution in [3.05, 3.63) is 35.6 Å². The Kier molecular flexibility index (Phi) is 4.75. The van der Waals surface area contributed by atoms with Crippen LogP contribution in [0.4, 0.5) is 4.39 Å². The van der Waals surface area contributed by atoms with Crippen LogP contribution in [0, 0.1) is 11.7 Å². The molecule has 0 heterocycles. The summed E-state index contributed by atoms with van der Waals surface area (Å²) in [7, 11) is 0. The molecule has 82 valence electrons. The molecule has 0 aliphatic carbocycles. The van der Waals surface area contributed by atoms with Crippen molar-refractivity contribution in [3.63, 3.8) is 0 Å². The van der Waals surface area contributed by atoms with Gasteiger partial charge in [-0.3, -0.25) is 4.79 Å². The number of alkyl halides is 1. The molecule has 0 aliphatic rings. The highest BCUT2D eigenvalue weighted by atomic mass is 79.9. The molecule has 1 N–H and O–H groups in total. The van der Waals surface area contributed by atoms with E-state index in [1.54, 1.807) is 6.07 Å². The molecule has 0 fully saturated rings. The normalized spacial score (nSPS) is 12.2. The number of carbonyl (C=O) groups is 1. The fourth-order valence-electron chi connectivity index (χ4n) is 1.05. The van der Waals surface area contributed by atoms with Crippen molar-refractivity contribution in [1.29, 1.82) is 0 Å². The van der Waals surface area contributed by atoms with Gasteiger partial charge < -0.3 is 5.32 Å². The van der Waals surface area contributed by atoms with E-state index in [0.29, 0.717) is 18.0 Å². The van der Waals surface area contributed by atoms with Crippen LogP contribution in [0.1, 0.15) is 17.3 Å². The molecule has 4 heteroatoms. The van der Waals surface area contributed by atoms with Crippen LogP contribution >= 0.6 is 15.9 Å². The summed E-state index contributed by atoms with van der Waals surface area (Å²) in [5, 5.41) is 3.57. The van der Waals surface area contributed by atoms with Crippen LogP contribution < -0.4 is 5.32 Å². The molecule has 15 heavy (non-hydrogen) atoms. The van der Waals surface area contributed by atoms with E-state index in [-0.39, 0.29) is 5.91 Å². The summed E-state index contributed by atoms with van der Waals surface area (Å²) < 4.78 is 12.8. The van der Waals surface area contributed by atoms with Crippen LogP contribution in [0.5, 0.6) is 0 Å². The van der Waals surface area contributed by atoms with Gasteiger partial charge in [-0.25, -0.2) is 4.39 Å². The highest BCUT2D eigenvalue weighted by molar-refractivity contribution is 9.09. The van der Waals surface area contributed by atoms with E-state index in [1.165, 1.54) is 18.2 Å². The van der Waals surface area contributed by atoms with Gasteiger partial charge >= 0.3 is 0 Å². The molecule has 0 saturated carbocycles. The van der Waals surface area contributed by atoms with Gasteiger partial charge in [-0.2, -0.15) is 0 Å². The Hall–Kier alpha value is -0.900. The molecule has 1 aromatic carbocycles. The first kappa shape index (κ1) is 12.2. The number of hydrogen-bond acceptors (Lipinski definition) is 1. The molecule has 1 unspecified atom stereocenters. The lowest BCUT2D eigenvalue weighted by Crippen LogP contribution is -2.28. The summed E-state index contributed by atoms with van der Waals surface area (Å²) in [5.74, 6) is -0.263. The van der Waals surface area contributed by atoms with Gasteiger partial charge in [-0.1, -0.05) is 28.9 Å². The van der Waals surface area contributed by atoms with Crippen LogP contribution in [0.25, 0.3) is 0 Å². The summed E-state index contributed by atoms with van der Waals surface area (Å²) in [6, 6.07) is 5.67. The first-order chi connectivity index (χ1) is 7.13. The largest absolute Gasteiger partial charge is 0.352 e. The zero-order valence-corrected chi connectivity index (χ0v) is 10.1. The van der Waals surface area contributed by atoms with E-state index in [9.17, 15) is 9.18 Å². The number of rotatable bonds is 4. The smallest absolute Gasteiger partial charge is 0.251 e. The van der Waals surface area contributed by atoms with Crippen molar-refractivity contribution >= 4 is 21.8 Å². The summed E-state index contributed by atoms with van der Waals surface area (Å²) in [6.07, 6.45) is 0. The maximum Gasteiger partial charge on any atom is 0.251 e. The molecule has 0 aliphatic heterocycles. The van der Waals surface area contributed by atoms with Crippen molar-refractivity contribution in [3.8, 4) is 0 Å². The molecule has 2 nitrogen and oxygen atoms in total. The number of carbonyl (C=O) groups excluding carboxylic acids is 1. The minimum atomic E-state index is -0.392. The van der Waals surface area contributed by atoms with Crippen LogP contribution in [0.15, 0.2) is 24.3 Å². The summed E-state index contributed by atoms with van der Waals surface area (Å²) in [4.78, 5) is 11.5. The maximum atomic E-state index is 12.8. The average molecular weight is 274 g/mol. The quantitative estimate of drug-likeness (QED) is 0.840. The van der Waals surface area contributed by atoms with Gasteiger partial charge in [-0.15, -0.1) is 0 Å². The Morgan fingerprint density at radius 2 is 2.33 bits per heavy atom. The van der Waals surface area contributed by atoms with Crippen LogP contribution in [-0.2, 0) is 0 Å². The van der Waals surface area contributed by atoms with Gasteiger partial charge in [0, 0.05) is 17.4 Å². The van der Waals surface area contributed by atoms with Crippen molar-refractivity contribution in [1.82, 2.24) is 5.32 Å². The van der Waals surface area contributed by atoms with Gasteiger partial charge in [0.25, 0.3) is 5.91 Å². The number of benzene rings is 1. The topological polar surface area (TPSA) is 29.1 Å². The molecule has 1 rings (SSSR count). The average Bonchev–Trinajstić information content (AvgIpc) is 2.25. The summed E-state index contributed by atoms with van der Waals surface area (Å²) in [6.45, 7) is 2.60. The van der Waals surface area contributed by atoms with Gasteiger partial charge in [-0.05, 0) is 24.1 Å². The number of hydrogen-bond donors (Lipinski definition) is 1. The molecule has 1 amide bonds. The zero-order chi connectivity index (χ0) is 11.3. The van der Waals surface area contributed by atoms with E-state index in [0.717, 1.165) is 5.33 Å². The van der Waals surface area contributed by atoms with Crippen molar-refractivity contribution in [2.24, 2.45) is 5.92 Å². The third-order valence-corrected chi connectivity index (χ3v) is 3.07. The van der Waals surface area contributed by atoms with Crippen molar-refractivity contribution in [2.75, 3.05) is 11.9 Å². The predicted octanol–water partition coefficient (Wildman–Crippen LogP) is 2.59. The molecule has 0 spiro atoms. The lowest BCUT2D eigenvalue weighted by Gasteiger charge is -2.09. The zero-order valence-electron chi connectivity index (χ0n) is 8.47. The first-order valence-corrected chi connectivity index (χ1v) is 5.85. The number of nitrogens with one attached hydrogen (secondary N) is 1. The second-order valence-electron chi connectivity index (χ2n) is 3.48. The van der Waals surface area contributed by atoms with Gasteiger partial charge in [0.1, 0.15) is 5.82 Å². The Bertz CT molecular complexity index is 343. The lowest BCUT2D eigenvalue weighted by atomic mass is 10.2. The summed E-state index contributed by atoms with van der Waals surface area (Å²) >= 11 is 3.32. The van der Waals surface area contributed by atoms with Gasteiger partial charge in [0.05, 0.1) is 0 Å². The molecule has 0 saturated heterocycles. The highest BCUT2D eigenvalue weighted by Crippen LogP contribution is 2.04. The van der Waals surface area contributed by atoms with Crippen molar-refractivity contribution in [2.45, 2.75) is 6.92 Å². The Morgan fingerprint density at radius 3 is 2.93 bits per heavy atom. The van der Waals surface area contributed by atoms with E-state index in [2.05, 4.69) is 21.2 Å². The number of halogens is 2. The second-order valence-corrected chi connectivity index (χ2v) is 4.13. The fraction of sp³-hybridized carbons (Fsp3) is 0.364. The van der Waals surface area contributed by atoms with Crippen LogP contribution in [-0.4, -0.2) is 17.8 Å². The van der Waals surface area contributed by atoms with Gasteiger partial charge in [0.15, 0.2) is 0 Å². The maximum absolute atomic E-state index is 12.8. The fourth-order valence-corrected chi connectivity index (χ4v) is 1.28. The Morgan fingerprint density at radius 1 is 1.60 bits per heavy atom. The third-order valence-electron chi connectivity index (χ3n) is 1.96. The molecular weight excluding hydrogens is 261 g/mol. The van der Waals surface area contributed by atoms with Crippen LogP contribution in [0.2, 0.25) is 0 Å². The minimum absolute atomic E-state index is 0.234. The molecule has 0 aromatic heterocycles. The minimum Gasteiger partial charge on any atom is -0.352 e. The first-order valence-electron chi connectivity index (χ1n) is 4.73. The third kappa shape index (κ3) is 4.00. The lowest BCUT2D eigenvalue weighted by molar-refractivity contribution is 0.0949. The highest BCUT2D eigenvalue weighted by Gasteiger charge is 2.07. The number of amides is 1. The molecule has 1 aromatic rings.